The Morgan fingerprint density at radius 2 is 2.06 bits per heavy atom. The van der Waals surface area contributed by atoms with Gasteiger partial charge in [-0.05, 0) is 25.2 Å². The van der Waals surface area contributed by atoms with Crippen LogP contribution in [0.5, 0.6) is 11.5 Å². The summed E-state index contributed by atoms with van der Waals surface area (Å²) >= 11 is 0. The molecule has 18 heavy (non-hydrogen) atoms. The number of nitrogens with one attached hydrogen (secondary N) is 1. The van der Waals surface area contributed by atoms with Gasteiger partial charge in [-0.2, -0.15) is 0 Å². The van der Waals surface area contributed by atoms with E-state index in [9.17, 15) is 9.90 Å². The third-order valence-electron chi connectivity index (χ3n) is 2.85. The molecule has 0 aliphatic carbocycles. The molecule has 0 aliphatic rings. The molecule has 0 bridgehead atoms. The standard InChI is InChI=1S/C14H15NO3/c1-15-8-12(16)11-7-6-9-10(14(11)17)4-3-5-13(9)18-2/h3-7,15,17H,8H2,1-2H3. The van der Waals surface area contributed by atoms with Crippen molar-refractivity contribution in [2.24, 2.45) is 0 Å². The average molecular weight is 245 g/mol. The molecule has 0 fully saturated rings. The summed E-state index contributed by atoms with van der Waals surface area (Å²) in [6, 6.07) is 8.78. The monoisotopic (exact) mass is 245 g/mol. The van der Waals surface area contributed by atoms with Gasteiger partial charge in [0.1, 0.15) is 11.5 Å². The predicted molar refractivity (Wildman–Crippen MR) is 70.4 cm³/mol. The van der Waals surface area contributed by atoms with E-state index < -0.39 is 0 Å². The molecule has 0 spiro atoms. The first-order valence-corrected chi connectivity index (χ1v) is 5.65. The van der Waals surface area contributed by atoms with Gasteiger partial charge in [-0.15, -0.1) is 0 Å². The minimum absolute atomic E-state index is 0.00616. The van der Waals surface area contributed by atoms with Gasteiger partial charge in [-0.25, -0.2) is 0 Å². The average Bonchev–Trinajstić information content (AvgIpc) is 2.39. The topological polar surface area (TPSA) is 58.6 Å². The summed E-state index contributed by atoms with van der Waals surface area (Å²) in [5.74, 6) is 0.543. The molecule has 94 valence electrons. The maximum absolute atomic E-state index is 11.8. The zero-order chi connectivity index (χ0) is 13.1. The Balaban J connectivity index is 2.61. The molecule has 2 rings (SSSR count). The highest BCUT2D eigenvalue weighted by molar-refractivity contribution is 6.06. The number of fused-ring (bicyclic) bond motifs is 1. The number of hydrogen-bond acceptors (Lipinski definition) is 4. The van der Waals surface area contributed by atoms with Crippen molar-refractivity contribution in [3.63, 3.8) is 0 Å². The summed E-state index contributed by atoms with van der Waals surface area (Å²) in [7, 11) is 3.27. The molecule has 0 radical (unpaired) electrons. The first kappa shape index (κ1) is 12.4. The van der Waals surface area contributed by atoms with Crippen molar-refractivity contribution in [3.8, 4) is 11.5 Å². The minimum Gasteiger partial charge on any atom is -0.507 e. The van der Waals surface area contributed by atoms with Crippen LogP contribution in [0, 0.1) is 0 Å². The fourth-order valence-electron chi connectivity index (χ4n) is 1.97. The lowest BCUT2D eigenvalue weighted by atomic mass is 10.0. The lowest BCUT2D eigenvalue weighted by Gasteiger charge is -2.09. The summed E-state index contributed by atoms with van der Waals surface area (Å²) < 4.78 is 5.22. The zero-order valence-corrected chi connectivity index (χ0v) is 10.4. The van der Waals surface area contributed by atoms with Gasteiger partial charge in [0.15, 0.2) is 5.78 Å². The number of phenolic OH excluding ortho intramolecular Hbond substituents is 1. The number of Topliss-reactive ketones (excluding diaryl/α,β-unsaturated/α-hetero) is 1. The summed E-state index contributed by atoms with van der Waals surface area (Å²) in [4.78, 5) is 11.8. The van der Waals surface area contributed by atoms with E-state index >= 15 is 0 Å². The quantitative estimate of drug-likeness (QED) is 0.808. The van der Waals surface area contributed by atoms with Gasteiger partial charge in [0.05, 0.1) is 19.2 Å². The van der Waals surface area contributed by atoms with E-state index in [2.05, 4.69) is 5.32 Å². The summed E-state index contributed by atoms with van der Waals surface area (Å²) in [5.41, 5.74) is 0.324. The van der Waals surface area contributed by atoms with E-state index in [1.165, 1.54) is 0 Å². The summed E-state index contributed by atoms with van der Waals surface area (Å²) in [5, 5.41) is 14.4. The molecule has 0 saturated carbocycles. The van der Waals surface area contributed by atoms with Crippen molar-refractivity contribution < 1.29 is 14.6 Å². The van der Waals surface area contributed by atoms with Gasteiger partial charge in [0.25, 0.3) is 0 Å². The molecular weight excluding hydrogens is 230 g/mol. The lowest BCUT2D eigenvalue weighted by Crippen LogP contribution is -2.18. The first-order chi connectivity index (χ1) is 8.69. The van der Waals surface area contributed by atoms with Crippen LogP contribution in [0.2, 0.25) is 0 Å². The van der Waals surface area contributed by atoms with Crippen LogP contribution in [0.3, 0.4) is 0 Å². The number of ether oxygens (including phenoxy) is 1. The van der Waals surface area contributed by atoms with Crippen molar-refractivity contribution in [3.05, 3.63) is 35.9 Å². The van der Waals surface area contributed by atoms with Crippen LogP contribution in [-0.4, -0.2) is 31.6 Å². The van der Waals surface area contributed by atoms with Gasteiger partial charge in [0.2, 0.25) is 0 Å². The zero-order valence-electron chi connectivity index (χ0n) is 10.4. The molecule has 0 amide bonds. The molecule has 2 aromatic rings. The number of hydrogen-bond donors (Lipinski definition) is 2. The van der Waals surface area contributed by atoms with Crippen molar-refractivity contribution in [2.45, 2.75) is 0 Å². The number of carbonyl (C=O) groups excluding carboxylic acids is 1. The second kappa shape index (κ2) is 5.06. The largest absolute Gasteiger partial charge is 0.507 e. The first-order valence-electron chi connectivity index (χ1n) is 5.65. The van der Waals surface area contributed by atoms with E-state index in [1.807, 2.05) is 6.07 Å². The van der Waals surface area contributed by atoms with Gasteiger partial charge in [-0.1, -0.05) is 12.1 Å². The van der Waals surface area contributed by atoms with Crippen LogP contribution in [0.1, 0.15) is 10.4 Å². The molecule has 2 N–H and O–H groups in total. The number of rotatable bonds is 4. The number of ketones is 1. The number of benzene rings is 2. The normalized spacial score (nSPS) is 10.6. The maximum atomic E-state index is 11.8. The Bertz CT molecular complexity index is 593. The van der Waals surface area contributed by atoms with Crippen LogP contribution in [0.15, 0.2) is 30.3 Å². The maximum Gasteiger partial charge on any atom is 0.180 e. The Morgan fingerprint density at radius 1 is 1.28 bits per heavy atom. The molecule has 0 saturated heterocycles. The Morgan fingerprint density at radius 3 is 2.72 bits per heavy atom. The third-order valence-corrected chi connectivity index (χ3v) is 2.85. The Hall–Kier alpha value is -2.07. The van der Waals surface area contributed by atoms with Gasteiger partial charge in [0, 0.05) is 10.8 Å². The Kier molecular flexibility index (Phi) is 3.48. The van der Waals surface area contributed by atoms with Gasteiger partial charge >= 0.3 is 0 Å². The fraction of sp³-hybridized carbons (Fsp3) is 0.214. The van der Waals surface area contributed by atoms with Gasteiger partial charge in [-0.3, -0.25) is 4.79 Å². The smallest absolute Gasteiger partial charge is 0.180 e. The highest BCUT2D eigenvalue weighted by atomic mass is 16.5. The highest BCUT2D eigenvalue weighted by Gasteiger charge is 2.14. The molecule has 0 atom stereocenters. The van der Waals surface area contributed by atoms with Gasteiger partial charge < -0.3 is 15.2 Å². The second-order valence-electron chi connectivity index (χ2n) is 3.97. The summed E-state index contributed by atoms with van der Waals surface area (Å²) in [6.07, 6.45) is 0. The lowest BCUT2D eigenvalue weighted by molar-refractivity contribution is 0.0991. The molecule has 2 aromatic carbocycles. The van der Waals surface area contributed by atoms with E-state index in [4.69, 9.17) is 4.74 Å². The number of methoxy groups -OCH3 is 1. The van der Waals surface area contributed by atoms with Crippen LogP contribution >= 0.6 is 0 Å². The van der Waals surface area contributed by atoms with Crippen LogP contribution in [-0.2, 0) is 0 Å². The van der Waals surface area contributed by atoms with Crippen LogP contribution in [0.25, 0.3) is 10.8 Å². The highest BCUT2D eigenvalue weighted by Crippen LogP contribution is 2.34. The SMILES string of the molecule is CNCC(=O)c1ccc2c(OC)cccc2c1O. The number of likely N-dealkylation sites (N-methyl/N-ethyl adjacent to an activating group) is 1. The van der Waals surface area contributed by atoms with Crippen LogP contribution in [0.4, 0.5) is 0 Å². The second-order valence-corrected chi connectivity index (χ2v) is 3.97. The van der Waals surface area contributed by atoms with Crippen molar-refractivity contribution >= 4 is 16.6 Å². The van der Waals surface area contributed by atoms with Crippen molar-refractivity contribution in [1.82, 2.24) is 5.32 Å². The Labute approximate surface area is 105 Å². The van der Waals surface area contributed by atoms with E-state index in [0.29, 0.717) is 16.7 Å². The molecule has 0 aromatic heterocycles. The van der Waals surface area contributed by atoms with E-state index in [-0.39, 0.29) is 18.1 Å². The number of phenols is 1. The molecule has 4 nitrogen and oxygen atoms in total. The van der Waals surface area contributed by atoms with E-state index in [0.717, 1.165) is 5.39 Å². The molecule has 4 heteroatoms. The molecule has 0 unspecified atom stereocenters. The van der Waals surface area contributed by atoms with Crippen molar-refractivity contribution in [2.75, 3.05) is 20.7 Å². The third kappa shape index (κ3) is 2.02. The summed E-state index contributed by atoms with van der Waals surface area (Å²) in [6.45, 7) is 0.197. The molecular formula is C14H15NO3. The minimum atomic E-state index is -0.139. The predicted octanol–water partition coefficient (Wildman–Crippen LogP) is 1.96. The molecule has 0 aliphatic heterocycles. The molecule has 0 heterocycles. The van der Waals surface area contributed by atoms with Crippen LogP contribution < -0.4 is 10.1 Å². The number of carbonyl (C=O) groups is 1. The number of aromatic hydroxyl groups is 1. The van der Waals surface area contributed by atoms with Crippen molar-refractivity contribution in [1.29, 1.82) is 0 Å². The van der Waals surface area contributed by atoms with E-state index in [1.54, 1.807) is 38.4 Å². The fourth-order valence-corrected chi connectivity index (χ4v) is 1.97.